The van der Waals surface area contributed by atoms with Crippen LogP contribution in [-0.4, -0.2) is 0 Å². The third kappa shape index (κ3) is 2.65. The van der Waals surface area contributed by atoms with E-state index < -0.39 is 0 Å². The molecule has 2 aromatic rings. The maximum absolute atomic E-state index is 5.90. The van der Waals surface area contributed by atoms with Gasteiger partial charge in [0.15, 0.2) is 0 Å². The molecular formula is C16H19NO. The van der Waals surface area contributed by atoms with E-state index in [-0.39, 0.29) is 0 Å². The molecule has 0 atom stereocenters. The maximum atomic E-state index is 5.90. The summed E-state index contributed by atoms with van der Waals surface area (Å²) in [6, 6.07) is 12.0. The Morgan fingerprint density at radius 1 is 0.944 bits per heavy atom. The van der Waals surface area contributed by atoms with Gasteiger partial charge in [0.1, 0.15) is 12.4 Å². The van der Waals surface area contributed by atoms with E-state index in [0.29, 0.717) is 6.61 Å². The van der Waals surface area contributed by atoms with Gasteiger partial charge in [0.25, 0.3) is 0 Å². The van der Waals surface area contributed by atoms with Crippen LogP contribution < -0.4 is 10.5 Å². The van der Waals surface area contributed by atoms with Gasteiger partial charge in [-0.05, 0) is 49.6 Å². The van der Waals surface area contributed by atoms with Crippen molar-refractivity contribution in [1.29, 1.82) is 0 Å². The minimum atomic E-state index is 0.510. The summed E-state index contributed by atoms with van der Waals surface area (Å²) < 4.78 is 5.86. The minimum Gasteiger partial charge on any atom is -0.489 e. The van der Waals surface area contributed by atoms with Gasteiger partial charge in [-0.2, -0.15) is 0 Å². The van der Waals surface area contributed by atoms with Crippen molar-refractivity contribution < 1.29 is 4.74 Å². The molecule has 0 unspecified atom stereocenters. The lowest BCUT2D eigenvalue weighted by Crippen LogP contribution is -2.01. The fourth-order valence-electron chi connectivity index (χ4n) is 1.91. The van der Waals surface area contributed by atoms with Crippen LogP contribution in [0.4, 0.5) is 5.69 Å². The molecule has 2 heteroatoms. The number of para-hydroxylation sites is 1. The molecule has 0 saturated heterocycles. The van der Waals surface area contributed by atoms with E-state index in [1.807, 2.05) is 24.3 Å². The van der Waals surface area contributed by atoms with E-state index in [9.17, 15) is 0 Å². The van der Waals surface area contributed by atoms with Crippen molar-refractivity contribution in [2.45, 2.75) is 27.4 Å². The largest absolute Gasteiger partial charge is 0.489 e. The summed E-state index contributed by atoms with van der Waals surface area (Å²) in [5.74, 6) is 0.932. The highest BCUT2D eigenvalue weighted by molar-refractivity contribution is 5.46. The van der Waals surface area contributed by atoms with E-state index in [1.54, 1.807) is 0 Å². The van der Waals surface area contributed by atoms with Crippen LogP contribution in [0.15, 0.2) is 36.4 Å². The van der Waals surface area contributed by atoms with Crippen molar-refractivity contribution in [3.8, 4) is 5.75 Å². The van der Waals surface area contributed by atoms with E-state index in [4.69, 9.17) is 10.5 Å². The Morgan fingerprint density at radius 2 is 1.61 bits per heavy atom. The number of aryl methyl sites for hydroxylation is 3. The fourth-order valence-corrected chi connectivity index (χ4v) is 1.91. The van der Waals surface area contributed by atoms with Crippen LogP contribution in [0.2, 0.25) is 0 Å². The van der Waals surface area contributed by atoms with E-state index >= 15 is 0 Å². The first-order chi connectivity index (χ1) is 8.58. The van der Waals surface area contributed by atoms with Crippen molar-refractivity contribution in [1.82, 2.24) is 0 Å². The number of ether oxygens (including phenoxy) is 1. The summed E-state index contributed by atoms with van der Waals surface area (Å²) in [4.78, 5) is 0. The Hall–Kier alpha value is -1.96. The third-order valence-corrected chi connectivity index (χ3v) is 3.23. The molecule has 0 saturated carbocycles. The van der Waals surface area contributed by atoms with Gasteiger partial charge >= 0.3 is 0 Å². The highest BCUT2D eigenvalue weighted by Gasteiger charge is 2.04. The van der Waals surface area contributed by atoms with Gasteiger partial charge in [0.2, 0.25) is 0 Å². The average molecular weight is 241 g/mol. The second-order valence-electron chi connectivity index (χ2n) is 4.69. The Bertz CT molecular complexity index is 561. The van der Waals surface area contributed by atoms with Crippen LogP contribution in [0.1, 0.15) is 22.3 Å². The van der Waals surface area contributed by atoms with Crippen LogP contribution >= 0.6 is 0 Å². The molecule has 18 heavy (non-hydrogen) atoms. The Balaban J connectivity index is 2.16. The fraction of sp³-hybridized carbons (Fsp3) is 0.250. The van der Waals surface area contributed by atoms with Crippen molar-refractivity contribution in [3.05, 3.63) is 58.7 Å². The standard InChI is InChI=1S/C16H19NO/c1-11-8-13(3)16(9-12(11)2)18-10-14-6-4-5-7-15(14)17/h4-9H,10,17H2,1-3H3. The Kier molecular flexibility index (Phi) is 3.56. The molecule has 0 spiro atoms. The van der Waals surface area contributed by atoms with Crippen LogP contribution in [0, 0.1) is 20.8 Å². The molecule has 94 valence electrons. The first kappa shape index (κ1) is 12.5. The van der Waals surface area contributed by atoms with Crippen molar-refractivity contribution in [2.75, 3.05) is 5.73 Å². The smallest absolute Gasteiger partial charge is 0.123 e. The molecule has 0 aliphatic rings. The number of nitrogens with two attached hydrogens (primary N) is 1. The number of hydrogen-bond donors (Lipinski definition) is 1. The topological polar surface area (TPSA) is 35.2 Å². The Labute approximate surface area is 108 Å². The molecule has 0 fully saturated rings. The zero-order chi connectivity index (χ0) is 13.1. The summed E-state index contributed by atoms with van der Waals surface area (Å²) in [6.45, 7) is 6.78. The molecule has 0 heterocycles. The predicted octanol–water partition coefficient (Wildman–Crippen LogP) is 3.77. The third-order valence-electron chi connectivity index (χ3n) is 3.23. The van der Waals surface area contributed by atoms with Gasteiger partial charge in [-0.3, -0.25) is 0 Å². The Morgan fingerprint density at radius 3 is 2.33 bits per heavy atom. The summed E-state index contributed by atoms with van der Waals surface area (Å²) in [7, 11) is 0. The number of benzene rings is 2. The summed E-state index contributed by atoms with van der Waals surface area (Å²) in [6.07, 6.45) is 0. The van der Waals surface area contributed by atoms with Crippen LogP contribution in [-0.2, 0) is 6.61 Å². The number of rotatable bonds is 3. The highest BCUT2D eigenvalue weighted by atomic mass is 16.5. The average Bonchev–Trinajstić information content (AvgIpc) is 2.34. The molecule has 0 amide bonds. The quantitative estimate of drug-likeness (QED) is 0.830. The molecule has 0 radical (unpaired) electrons. The first-order valence-corrected chi connectivity index (χ1v) is 6.12. The lowest BCUT2D eigenvalue weighted by molar-refractivity contribution is 0.304. The van der Waals surface area contributed by atoms with Crippen LogP contribution in [0.25, 0.3) is 0 Å². The normalized spacial score (nSPS) is 10.4. The van der Waals surface area contributed by atoms with Crippen molar-refractivity contribution >= 4 is 5.69 Å². The molecule has 2 nitrogen and oxygen atoms in total. The molecular weight excluding hydrogens is 222 g/mol. The number of hydrogen-bond acceptors (Lipinski definition) is 2. The molecule has 0 aliphatic carbocycles. The molecule has 2 aromatic carbocycles. The summed E-state index contributed by atoms with van der Waals surface area (Å²) >= 11 is 0. The molecule has 0 bridgehead atoms. The zero-order valence-corrected chi connectivity index (χ0v) is 11.2. The van der Waals surface area contributed by atoms with Gasteiger partial charge in [-0.1, -0.05) is 24.3 Å². The molecule has 2 rings (SSSR count). The number of nitrogen functional groups attached to an aromatic ring is 1. The van der Waals surface area contributed by atoms with Crippen molar-refractivity contribution in [3.63, 3.8) is 0 Å². The summed E-state index contributed by atoms with van der Waals surface area (Å²) in [5, 5.41) is 0. The summed E-state index contributed by atoms with van der Waals surface area (Å²) in [5.41, 5.74) is 11.4. The highest BCUT2D eigenvalue weighted by Crippen LogP contribution is 2.24. The maximum Gasteiger partial charge on any atom is 0.123 e. The lowest BCUT2D eigenvalue weighted by atomic mass is 10.1. The lowest BCUT2D eigenvalue weighted by Gasteiger charge is -2.12. The van der Waals surface area contributed by atoms with Gasteiger partial charge < -0.3 is 10.5 Å². The van der Waals surface area contributed by atoms with Crippen LogP contribution in [0.5, 0.6) is 5.75 Å². The minimum absolute atomic E-state index is 0.510. The van der Waals surface area contributed by atoms with Gasteiger partial charge in [-0.25, -0.2) is 0 Å². The van der Waals surface area contributed by atoms with E-state index in [1.165, 1.54) is 11.1 Å². The van der Waals surface area contributed by atoms with E-state index in [2.05, 4.69) is 32.9 Å². The zero-order valence-electron chi connectivity index (χ0n) is 11.2. The van der Waals surface area contributed by atoms with E-state index in [0.717, 1.165) is 22.6 Å². The molecule has 0 aromatic heterocycles. The SMILES string of the molecule is Cc1cc(C)c(OCc2ccccc2N)cc1C. The van der Waals surface area contributed by atoms with Crippen LogP contribution in [0.3, 0.4) is 0 Å². The molecule has 0 aliphatic heterocycles. The second-order valence-corrected chi connectivity index (χ2v) is 4.69. The van der Waals surface area contributed by atoms with Gasteiger partial charge in [-0.15, -0.1) is 0 Å². The molecule has 2 N–H and O–H groups in total. The predicted molar refractivity (Wildman–Crippen MR) is 75.8 cm³/mol. The second kappa shape index (κ2) is 5.13. The van der Waals surface area contributed by atoms with Gasteiger partial charge in [0.05, 0.1) is 0 Å². The first-order valence-electron chi connectivity index (χ1n) is 6.12. The monoisotopic (exact) mass is 241 g/mol. The van der Waals surface area contributed by atoms with Gasteiger partial charge in [0, 0.05) is 11.3 Å². The van der Waals surface area contributed by atoms with Crippen molar-refractivity contribution in [2.24, 2.45) is 0 Å². The number of anilines is 1.